The first-order chi connectivity index (χ1) is 14.7. The molecule has 1 unspecified atom stereocenters. The number of nitrogens with zero attached hydrogens (tertiary/aromatic N) is 1. The van der Waals surface area contributed by atoms with Crippen molar-refractivity contribution in [2.45, 2.75) is 38.8 Å². The van der Waals surface area contributed by atoms with Crippen LogP contribution in [0.4, 0.5) is 20.7 Å². The van der Waals surface area contributed by atoms with Crippen molar-refractivity contribution in [3.63, 3.8) is 0 Å². The maximum absolute atomic E-state index is 13.7. The van der Waals surface area contributed by atoms with Crippen LogP contribution < -0.4 is 20.7 Å². The molecule has 3 N–H and O–H groups in total. The van der Waals surface area contributed by atoms with E-state index in [4.69, 9.17) is 4.74 Å². The molecule has 0 bridgehead atoms. The lowest BCUT2D eigenvalue weighted by Crippen LogP contribution is -2.42. The largest absolute Gasteiger partial charge is 0.487 e. The molecule has 3 aromatic rings. The summed E-state index contributed by atoms with van der Waals surface area (Å²) in [6.45, 7) is 5.20. The number of amides is 3. The number of carbonyl (C=O) groups is 2. The highest BCUT2D eigenvalue weighted by atomic mass is 19.1. The van der Waals surface area contributed by atoms with E-state index in [0.717, 1.165) is 16.3 Å². The van der Waals surface area contributed by atoms with E-state index in [2.05, 4.69) is 20.9 Å². The summed E-state index contributed by atoms with van der Waals surface area (Å²) in [5.41, 5.74) is 0.748. The number of aromatic nitrogens is 1. The van der Waals surface area contributed by atoms with Gasteiger partial charge in [0.15, 0.2) is 0 Å². The first-order valence-electron chi connectivity index (χ1n) is 9.92. The van der Waals surface area contributed by atoms with Crippen LogP contribution >= 0.6 is 0 Å². The van der Waals surface area contributed by atoms with Gasteiger partial charge in [0.25, 0.3) is 0 Å². The number of rotatable bonds is 3. The third-order valence-corrected chi connectivity index (χ3v) is 5.05. The predicted molar refractivity (Wildman–Crippen MR) is 117 cm³/mol. The molecule has 1 aliphatic rings. The Kier molecular flexibility index (Phi) is 5.22. The van der Waals surface area contributed by atoms with Crippen molar-refractivity contribution in [2.24, 2.45) is 0 Å². The van der Waals surface area contributed by atoms with Crippen LogP contribution in [0.15, 0.2) is 48.7 Å². The van der Waals surface area contributed by atoms with Crippen molar-refractivity contribution in [1.82, 2.24) is 10.3 Å². The van der Waals surface area contributed by atoms with E-state index in [1.807, 2.05) is 26.0 Å². The molecule has 7 nitrogen and oxygen atoms in total. The molecule has 0 spiro atoms. The summed E-state index contributed by atoms with van der Waals surface area (Å²) < 4.78 is 19.6. The summed E-state index contributed by atoms with van der Waals surface area (Å²) >= 11 is 0. The van der Waals surface area contributed by atoms with Gasteiger partial charge >= 0.3 is 6.03 Å². The number of halogens is 1. The minimum absolute atomic E-state index is 0.229. The molecule has 4 rings (SSSR count). The van der Waals surface area contributed by atoms with Crippen molar-refractivity contribution >= 4 is 34.2 Å². The smallest absolute Gasteiger partial charge is 0.319 e. The summed E-state index contributed by atoms with van der Waals surface area (Å²) in [7, 11) is 0. The van der Waals surface area contributed by atoms with Crippen LogP contribution in [0.3, 0.4) is 0 Å². The number of ether oxygens (including phenoxy) is 1. The lowest BCUT2D eigenvalue weighted by Gasteiger charge is -2.37. The first kappa shape index (κ1) is 20.6. The van der Waals surface area contributed by atoms with Crippen molar-refractivity contribution in [2.75, 3.05) is 10.6 Å². The van der Waals surface area contributed by atoms with Gasteiger partial charge in [0.2, 0.25) is 5.91 Å². The van der Waals surface area contributed by atoms with Crippen LogP contribution in [0.5, 0.6) is 5.75 Å². The number of hydrogen-bond donors (Lipinski definition) is 3. The Morgan fingerprint density at radius 3 is 2.74 bits per heavy atom. The summed E-state index contributed by atoms with van der Waals surface area (Å²) in [4.78, 5) is 28.4. The maximum atomic E-state index is 13.7. The Labute approximate surface area is 179 Å². The van der Waals surface area contributed by atoms with Crippen molar-refractivity contribution in [3.8, 4) is 5.75 Å². The Morgan fingerprint density at radius 2 is 1.97 bits per heavy atom. The zero-order chi connectivity index (χ0) is 22.2. The second-order valence-electron chi connectivity index (χ2n) is 8.18. The zero-order valence-corrected chi connectivity index (χ0v) is 17.5. The Hall–Kier alpha value is -3.68. The minimum Gasteiger partial charge on any atom is -0.487 e. The highest BCUT2D eigenvalue weighted by Gasteiger charge is 2.34. The number of fused-ring (bicyclic) bond motifs is 2. The number of benzene rings is 2. The Bertz CT molecular complexity index is 1180. The van der Waals surface area contributed by atoms with Gasteiger partial charge in [0.05, 0.1) is 11.7 Å². The molecule has 160 valence electrons. The second-order valence-corrected chi connectivity index (χ2v) is 8.18. The van der Waals surface area contributed by atoms with Crippen LogP contribution in [0.25, 0.3) is 10.8 Å². The van der Waals surface area contributed by atoms with Gasteiger partial charge in [0.1, 0.15) is 23.0 Å². The normalized spacial score (nSPS) is 16.7. The van der Waals surface area contributed by atoms with E-state index in [-0.39, 0.29) is 17.8 Å². The first-order valence-corrected chi connectivity index (χ1v) is 9.92. The van der Waals surface area contributed by atoms with Crippen LogP contribution in [-0.2, 0) is 4.79 Å². The molecule has 0 aliphatic carbocycles. The van der Waals surface area contributed by atoms with Crippen molar-refractivity contribution in [3.05, 3.63) is 60.0 Å². The fourth-order valence-electron chi connectivity index (χ4n) is 3.80. The lowest BCUT2D eigenvalue weighted by molar-refractivity contribution is -0.114. The molecule has 0 saturated carbocycles. The predicted octanol–water partition coefficient (Wildman–Crippen LogP) is 4.76. The number of urea groups is 1. The molecule has 2 heterocycles. The monoisotopic (exact) mass is 422 g/mol. The highest BCUT2D eigenvalue weighted by molar-refractivity contribution is 6.03. The molecule has 1 atom stereocenters. The van der Waals surface area contributed by atoms with E-state index in [1.165, 1.54) is 19.1 Å². The summed E-state index contributed by atoms with van der Waals surface area (Å²) in [6, 6.07) is 10.8. The SMILES string of the molecule is CC(=O)Nc1cc2c(NC(=O)NC3CC(C)(C)Oc4cc(F)ccc43)cccc2cn1. The van der Waals surface area contributed by atoms with E-state index < -0.39 is 11.6 Å². The van der Waals surface area contributed by atoms with Crippen molar-refractivity contribution in [1.29, 1.82) is 0 Å². The zero-order valence-electron chi connectivity index (χ0n) is 17.5. The fourth-order valence-corrected chi connectivity index (χ4v) is 3.80. The molecule has 2 aromatic carbocycles. The second kappa shape index (κ2) is 7.86. The number of nitrogens with one attached hydrogen (secondary N) is 3. The van der Waals surface area contributed by atoms with Gasteiger partial charge in [-0.3, -0.25) is 4.79 Å². The lowest BCUT2D eigenvalue weighted by atomic mass is 9.90. The van der Waals surface area contributed by atoms with Crippen LogP contribution in [0, 0.1) is 5.82 Å². The number of pyridine rings is 1. The number of carbonyl (C=O) groups excluding carboxylic acids is 2. The maximum Gasteiger partial charge on any atom is 0.319 e. The summed E-state index contributed by atoms with van der Waals surface area (Å²) in [5, 5.41) is 10.1. The minimum atomic E-state index is -0.558. The highest BCUT2D eigenvalue weighted by Crippen LogP contribution is 2.39. The molecule has 31 heavy (non-hydrogen) atoms. The molecule has 1 aliphatic heterocycles. The van der Waals surface area contributed by atoms with E-state index in [9.17, 15) is 14.0 Å². The topological polar surface area (TPSA) is 92.4 Å². The van der Waals surface area contributed by atoms with Crippen LogP contribution in [0.1, 0.15) is 38.8 Å². The van der Waals surface area contributed by atoms with Crippen LogP contribution in [-0.4, -0.2) is 22.5 Å². The third kappa shape index (κ3) is 4.58. The van der Waals surface area contributed by atoms with Gasteiger partial charge in [-0.05, 0) is 32.0 Å². The molecule has 0 radical (unpaired) electrons. The average Bonchev–Trinajstić information content (AvgIpc) is 2.66. The Morgan fingerprint density at radius 1 is 1.16 bits per heavy atom. The van der Waals surface area contributed by atoms with Crippen LogP contribution in [0.2, 0.25) is 0 Å². The van der Waals surface area contributed by atoms with Gasteiger partial charge in [-0.15, -0.1) is 0 Å². The molecule has 8 heteroatoms. The number of anilines is 2. The molecule has 3 amide bonds. The molecule has 1 aromatic heterocycles. The average molecular weight is 422 g/mol. The Balaban J connectivity index is 1.58. The van der Waals surface area contributed by atoms with E-state index in [1.54, 1.807) is 24.4 Å². The molecule has 0 fully saturated rings. The molecular weight excluding hydrogens is 399 g/mol. The molecule has 0 saturated heterocycles. The molecular formula is C23H23FN4O3. The fraction of sp³-hybridized carbons (Fsp3) is 0.261. The van der Waals surface area contributed by atoms with Gasteiger partial charge in [-0.25, -0.2) is 14.2 Å². The van der Waals surface area contributed by atoms with Gasteiger partial charge in [-0.2, -0.15) is 0 Å². The number of hydrogen-bond acceptors (Lipinski definition) is 4. The summed E-state index contributed by atoms with van der Waals surface area (Å²) in [5.74, 6) is 0.209. The summed E-state index contributed by atoms with van der Waals surface area (Å²) in [6.07, 6.45) is 2.17. The third-order valence-electron chi connectivity index (χ3n) is 5.05. The quantitative estimate of drug-likeness (QED) is 0.568. The van der Waals surface area contributed by atoms with Gasteiger partial charge in [0, 0.05) is 41.9 Å². The van der Waals surface area contributed by atoms with Crippen molar-refractivity contribution < 1.29 is 18.7 Å². The standard InChI is InChI=1S/C23H23FN4O3/c1-13(29)26-21-10-17-14(12-25-21)5-4-6-18(17)27-22(30)28-19-11-23(2,3)31-20-9-15(24)7-8-16(19)20/h4-10,12,19H,11H2,1-3H3,(H,25,26,29)(H2,27,28,30). The van der Waals surface area contributed by atoms with E-state index >= 15 is 0 Å². The van der Waals surface area contributed by atoms with Gasteiger partial charge in [-0.1, -0.05) is 18.2 Å². The van der Waals surface area contributed by atoms with E-state index in [0.29, 0.717) is 23.7 Å². The van der Waals surface area contributed by atoms with Gasteiger partial charge < -0.3 is 20.7 Å².